The predicted octanol–water partition coefficient (Wildman–Crippen LogP) is 3.68. The fourth-order valence-electron chi connectivity index (χ4n) is 1.14. The number of nitrogens with zero attached hydrogens (tertiary/aromatic N) is 1. The molecule has 0 aliphatic carbocycles. The Morgan fingerprint density at radius 3 is 2.00 bits per heavy atom. The van der Waals surface area contributed by atoms with Crippen LogP contribution in [0.1, 0.15) is 53.9 Å². The summed E-state index contributed by atoms with van der Waals surface area (Å²) < 4.78 is 0. The fourth-order valence-corrected chi connectivity index (χ4v) is 1.14. The molecule has 0 radical (unpaired) electrons. The van der Waals surface area contributed by atoms with Crippen LogP contribution < -0.4 is 0 Å². The van der Waals surface area contributed by atoms with Crippen molar-refractivity contribution in [2.24, 2.45) is 10.4 Å². The Morgan fingerprint density at radius 2 is 1.67 bits per heavy atom. The van der Waals surface area contributed by atoms with Crippen molar-refractivity contribution in [2.45, 2.75) is 59.4 Å². The normalized spacial score (nSPS) is 13.1. The van der Waals surface area contributed by atoms with Crippen molar-refractivity contribution >= 4 is 6.72 Å². The fraction of sp³-hybridized carbons (Fsp3) is 0.909. The van der Waals surface area contributed by atoms with Gasteiger partial charge in [-0.1, -0.05) is 33.6 Å². The number of aliphatic imine (C=N–C) groups is 1. The molecule has 0 bridgehead atoms. The van der Waals surface area contributed by atoms with Crippen LogP contribution in [0, 0.1) is 5.41 Å². The van der Waals surface area contributed by atoms with E-state index in [0.29, 0.717) is 0 Å². The highest BCUT2D eigenvalue weighted by atomic mass is 14.8. The van der Waals surface area contributed by atoms with Crippen molar-refractivity contribution in [3.05, 3.63) is 0 Å². The molecular formula is C11H23N. The van der Waals surface area contributed by atoms with Crippen LogP contribution in [0.25, 0.3) is 0 Å². The Labute approximate surface area is 77.3 Å². The van der Waals surface area contributed by atoms with Crippen molar-refractivity contribution in [2.75, 3.05) is 0 Å². The molecule has 0 fully saturated rings. The second kappa shape index (κ2) is 4.06. The molecule has 72 valence electrons. The van der Waals surface area contributed by atoms with Gasteiger partial charge in [-0.15, -0.1) is 0 Å². The molecular weight excluding hydrogens is 146 g/mol. The second-order valence-corrected chi connectivity index (χ2v) is 4.70. The molecule has 0 aliphatic heterocycles. The zero-order chi connectivity index (χ0) is 9.83. The summed E-state index contributed by atoms with van der Waals surface area (Å²) in [7, 11) is 0. The molecule has 0 spiro atoms. The van der Waals surface area contributed by atoms with Gasteiger partial charge in [0, 0.05) is 0 Å². The molecule has 0 N–H and O–H groups in total. The molecule has 0 amide bonds. The van der Waals surface area contributed by atoms with Crippen LogP contribution in [0.15, 0.2) is 4.99 Å². The van der Waals surface area contributed by atoms with Crippen LogP contribution in [0.3, 0.4) is 0 Å². The van der Waals surface area contributed by atoms with Crippen molar-refractivity contribution in [1.29, 1.82) is 0 Å². The van der Waals surface area contributed by atoms with Crippen LogP contribution in [-0.2, 0) is 0 Å². The molecule has 0 atom stereocenters. The van der Waals surface area contributed by atoms with Crippen LogP contribution in [0.2, 0.25) is 0 Å². The van der Waals surface area contributed by atoms with Gasteiger partial charge in [-0.3, -0.25) is 4.99 Å². The van der Waals surface area contributed by atoms with Gasteiger partial charge in [-0.05, 0) is 32.4 Å². The van der Waals surface area contributed by atoms with Crippen LogP contribution in [0.4, 0.5) is 0 Å². The van der Waals surface area contributed by atoms with Crippen LogP contribution >= 0.6 is 0 Å². The van der Waals surface area contributed by atoms with Gasteiger partial charge in [0.25, 0.3) is 0 Å². The first-order valence-electron chi connectivity index (χ1n) is 4.85. The van der Waals surface area contributed by atoms with Gasteiger partial charge < -0.3 is 0 Å². The van der Waals surface area contributed by atoms with E-state index in [1.165, 1.54) is 19.3 Å². The Kier molecular flexibility index (Phi) is 3.95. The number of hydrogen-bond donors (Lipinski definition) is 0. The lowest BCUT2D eigenvalue weighted by molar-refractivity contribution is 0.184. The summed E-state index contributed by atoms with van der Waals surface area (Å²) in [6.07, 6.45) is 3.78. The van der Waals surface area contributed by atoms with E-state index in [1.54, 1.807) is 0 Å². The average Bonchev–Trinajstić information content (AvgIpc) is 2.00. The molecule has 1 heteroatoms. The Hall–Kier alpha value is -0.330. The number of rotatable bonds is 5. The molecule has 0 aliphatic rings. The third-order valence-corrected chi connectivity index (χ3v) is 3.21. The molecule has 0 aromatic rings. The topological polar surface area (TPSA) is 12.4 Å². The third-order valence-electron chi connectivity index (χ3n) is 3.21. The summed E-state index contributed by atoms with van der Waals surface area (Å²) in [6, 6.07) is 0. The molecule has 12 heavy (non-hydrogen) atoms. The first kappa shape index (κ1) is 11.7. The highest BCUT2D eigenvalue weighted by Crippen LogP contribution is 2.37. The lowest BCUT2D eigenvalue weighted by Gasteiger charge is -2.38. The van der Waals surface area contributed by atoms with Gasteiger partial charge in [-0.25, -0.2) is 0 Å². The SMILES string of the molecule is C=NC(C)(C)C(C)(C)CCCC. The quantitative estimate of drug-likeness (QED) is 0.557. The first-order valence-corrected chi connectivity index (χ1v) is 4.85. The van der Waals surface area contributed by atoms with E-state index >= 15 is 0 Å². The van der Waals surface area contributed by atoms with E-state index in [0.717, 1.165) is 0 Å². The molecule has 1 nitrogen and oxygen atoms in total. The summed E-state index contributed by atoms with van der Waals surface area (Å²) in [6.45, 7) is 14.8. The molecule has 0 heterocycles. The summed E-state index contributed by atoms with van der Waals surface area (Å²) in [4.78, 5) is 4.19. The van der Waals surface area contributed by atoms with Crippen LogP contribution in [-0.4, -0.2) is 12.3 Å². The highest BCUT2D eigenvalue weighted by molar-refractivity contribution is 5.26. The molecule has 0 aromatic heterocycles. The van der Waals surface area contributed by atoms with E-state index < -0.39 is 0 Å². The third kappa shape index (κ3) is 2.62. The van der Waals surface area contributed by atoms with Gasteiger partial charge >= 0.3 is 0 Å². The molecule has 0 aromatic carbocycles. The van der Waals surface area contributed by atoms with Gasteiger partial charge in [0.05, 0.1) is 5.54 Å². The number of unbranched alkanes of at least 4 members (excludes halogenated alkanes) is 1. The van der Waals surface area contributed by atoms with E-state index in [9.17, 15) is 0 Å². The smallest absolute Gasteiger partial charge is 0.0595 e. The average molecular weight is 169 g/mol. The van der Waals surface area contributed by atoms with Gasteiger partial charge in [0.2, 0.25) is 0 Å². The lowest BCUT2D eigenvalue weighted by atomic mass is 9.72. The zero-order valence-electron chi connectivity index (χ0n) is 9.28. The van der Waals surface area contributed by atoms with E-state index in [1.807, 2.05) is 0 Å². The Morgan fingerprint density at radius 1 is 1.17 bits per heavy atom. The molecule has 0 saturated heterocycles. The van der Waals surface area contributed by atoms with Crippen molar-refractivity contribution in [1.82, 2.24) is 0 Å². The first-order chi connectivity index (χ1) is 5.37. The van der Waals surface area contributed by atoms with E-state index in [2.05, 4.69) is 46.3 Å². The minimum absolute atomic E-state index is 0.00215. The maximum absolute atomic E-state index is 4.19. The van der Waals surface area contributed by atoms with E-state index in [-0.39, 0.29) is 11.0 Å². The minimum atomic E-state index is 0.00215. The van der Waals surface area contributed by atoms with E-state index in [4.69, 9.17) is 0 Å². The number of hydrogen-bond acceptors (Lipinski definition) is 1. The van der Waals surface area contributed by atoms with Crippen molar-refractivity contribution < 1.29 is 0 Å². The van der Waals surface area contributed by atoms with Gasteiger partial charge in [-0.2, -0.15) is 0 Å². The molecule has 0 unspecified atom stereocenters. The zero-order valence-corrected chi connectivity index (χ0v) is 9.28. The van der Waals surface area contributed by atoms with Crippen molar-refractivity contribution in [3.8, 4) is 0 Å². The lowest BCUT2D eigenvalue weighted by Crippen LogP contribution is -2.36. The van der Waals surface area contributed by atoms with Crippen molar-refractivity contribution in [3.63, 3.8) is 0 Å². The minimum Gasteiger partial charge on any atom is -0.294 e. The van der Waals surface area contributed by atoms with Gasteiger partial charge in [0.1, 0.15) is 0 Å². The van der Waals surface area contributed by atoms with Crippen LogP contribution in [0.5, 0.6) is 0 Å². The Balaban J connectivity index is 4.27. The second-order valence-electron chi connectivity index (χ2n) is 4.70. The predicted molar refractivity (Wildman–Crippen MR) is 56.9 cm³/mol. The summed E-state index contributed by atoms with van der Waals surface area (Å²) in [5, 5.41) is 0. The molecule has 0 rings (SSSR count). The Bertz CT molecular complexity index is 145. The highest BCUT2D eigenvalue weighted by Gasteiger charge is 2.34. The largest absolute Gasteiger partial charge is 0.294 e. The summed E-state index contributed by atoms with van der Waals surface area (Å²) in [5.74, 6) is 0. The monoisotopic (exact) mass is 169 g/mol. The molecule has 0 saturated carbocycles. The standard InChI is InChI=1S/C11H23N/c1-7-8-9-10(2,3)11(4,5)12-6/h6-9H2,1-5H3. The summed E-state index contributed by atoms with van der Waals surface area (Å²) in [5.41, 5.74) is 0.271. The van der Waals surface area contributed by atoms with Gasteiger partial charge in [0.15, 0.2) is 0 Å². The maximum Gasteiger partial charge on any atom is 0.0595 e. The maximum atomic E-state index is 4.19. The summed E-state index contributed by atoms with van der Waals surface area (Å²) >= 11 is 0.